The van der Waals surface area contributed by atoms with Crippen molar-refractivity contribution in [2.24, 2.45) is 5.92 Å². The number of carbonyl (C=O) groups excluding carboxylic acids is 1. The second-order valence-corrected chi connectivity index (χ2v) is 5.57. The summed E-state index contributed by atoms with van der Waals surface area (Å²) < 4.78 is 0. The van der Waals surface area contributed by atoms with Crippen LogP contribution in [0, 0.1) is 5.92 Å². The van der Waals surface area contributed by atoms with E-state index in [-0.39, 0.29) is 0 Å². The van der Waals surface area contributed by atoms with E-state index < -0.39 is 0 Å². The third-order valence-corrected chi connectivity index (χ3v) is 4.06. The van der Waals surface area contributed by atoms with E-state index in [4.69, 9.17) is 5.73 Å². The van der Waals surface area contributed by atoms with E-state index in [0.717, 1.165) is 25.1 Å². The number of amides is 1. The molecule has 3 rings (SSSR count). The van der Waals surface area contributed by atoms with Crippen LogP contribution in [0.3, 0.4) is 0 Å². The second-order valence-electron chi connectivity index (χ2n) is 5.57. The van der Waals surface area contributed by atoms with Crippen molar-refractivity contribution < 1.29 is 4.79 Å². The number of nitrogens with two attached hydrogens (primary N) is 1. The quantitative estimate of drug-likeness (QED) is 0.827. The first-order valence-corrected chi connectivity index (χ1v) is 6.89. The lowest BCUT2D eigenvalue weighted by Crippen LogP contribution is -2.39. The summed E-state index contributed by atoms with van der Waals surface area (Å²) in [5, 5.41) is 0. The maximum Gasteiger partial charge on any atom is 0.226 e. The zero-order valence-electron chi connectivity index (χ0n) is 10.6. The van der Waals surface area contributed by atoms with E-state index in [1.54, 1.807) is 0 Å². The Balaban J connectivity index is 1.69. The minimum absolute atomic E-state index is 0.305. The van der Waals surface area contributed by atoms with Crippen LogP contribution in [0.2, 0.25) is 0 Å². The van der Waals surface area contributed by atoms with Crippen molar-refractivity contribution in [1.82, 2.24) is 4.90 Å². The predicted octanol–water partition coefficient (Wildman–Crippen LogP) is 2.56. The molecule has 2 fully saturated rings. The van der Waals surface area contributed by atoms with E-state index >= 15 is 0 Å². The van der Waals surface area contributed by atoms with Crippen LogP contribution >= 0.6 is 0 Å². The molecule has 0 aliphatic heterocycles. The van der Waals surface area contributed by atoms with E-state index in [1.807, 2.05) is 24.3 Å². The van der Waals surface area contributed by atoms with Gasteiger partial charge in [0.1, 0.15) is 0 Å². The van der Waals surface area contributed by atoms with Crippen LogP contribution in [0.15, 0.2) is 24.3 Å². The molecular formula is C15H20N2O. The van der Waals surface area contributed by atoms with Gasteiger partial charge in [-0.1, -0.05) is 18.6 Å². The van der Waals surface area contributed by atoms with Crippen LogP contribution in [-0.4, -0.2) is 16.8 Å². The second kappa shape index (κ2) is 4.63. The Hall–Kier alpha value is -1.51. The Morgan fingerprint density at radius 1 is 1.17 bits per heavy atom. The zero-order chi connectivity index (χ0) is 12.5. The van der Waals surface area contributed by atoms with Crippen LogP contribution in [0.25, 0.3) is 0 Å². The Morgan fingerprint density at radius 2 is 1.83 bits per heavy atom. The molecule has 2 aliphatic carbocycles. The Labute approximate surface area is 108 Å². The van der Waals surface area contributed by atoms with E-state index in [9.17, 15) is 4.79 Å². The average Bonchev–Trinajstić information content (AvgIpc) is 3.09. The normalized spacial score (nSPS) is 19.3. The van der Waals surface area contributed by atoms with Crippen LogP contribution in [-0.2, 0) is 11.3 Å². The average molecular weight is 244 g/mol. The molecule has 1 aromatic carbocycles. The highest BCUT2D eigenvalue weighted by Crippen LogP contribution is 2.34. The maximum atomic E-state index is 12.4. The molecule has 2 N–H and O–H groups in total. The standard InChI is InChI=1S/C15H20N2O/c16-13-6-4-11(5-7-13)10-17(14-8-9-14)15(18)12-2-1-3-12/h4-7,12,14H,1-3,8-10,16H2. The van der Waals surface area contributed by atoms with Crippen molar-refractivity contribution in [2.45, 2.75) is 44.7 Å². The molecule has 2 saturated carbocycles. The van der Waals surface area contributed by atoms with Crippen LogP contribution < -0.4 is 5.73 Å². The molecule has 0 atom stereocenters. The predicted molar refractivity (Wildman–Crippen MR) is 71.8 cm³/mol. The van der Waals surface area contributed by atoms with Gasteiger partial charge in [0, 0.05) is 24.2 Å². The van der Waals surface area contributed by atoms with Crippen molar-refractivity contribution in [3.8, 4) is 0 Å². The lowest BCUT2D eigenvalue weighted by Gasteiger charge is -2.32. The summed E-state index contributed by atoms with van der Waals surface area (Å²) in [6.07, 6.45) is 5.74. The van der Waals surface area contributed by atoms with Crippen LogP contribution in [0.4, 0.5) is 5.69 Å². The molecule has 1 aromatic rings. The van der Waals surface area contributed by atoms with Gasteiger partial charge in [-0.15, -0.1) is 0 Å². The molecule has 1 amide bonds. The summed E-state index contributed by atoms with van der Waals surface area (Å²) in [7, 11) is 0. The fraction of sp³-hybridized carbons (Fsp3) is 0.533. The number of nitrogen functional groups attached to an aromatic ring is 1. The Morgan fingerprint density at radius 3 is 2.33 bits per heavy atom. The molecule has 0 saturated heterocycles. The first kappa shape index (κ1) is 11.6. The molecule has 0 aromatic heterocycles. The van der Waals surface area contributed by atoms with Gasteiger partial charge in [-0.3, -0.25) is 4.79 Å². The lowest BCUT2D eigenvalue weighted by atomic mass is 9.84. The number of carbonyl (C=O) groups is 1. The summed E-state index contributed by atoms with van der Waals surface area (Å²) in [5.74, 6) is 0.681. The van der Waals surface area contributed by atoms with Gasteiger partial charge in [0.15, 0.2) is 0 Å². The van der Waals surface area contributed by atoms with Gasteiger partial charge in [-0.25, -0.2) is 0 Å². The fourth-order valence-electron chi connectivity index (χ4n) is 2.48. The highest BCUT2D eigenvalue weighted by Gasteiger charge is 2.37. The first-order valence-electron chi connectivity index (χ1n) is 6.89. The fourth-order valence-corrected chi connectivity index (χ4v) is 2.48. The van der Waals surface area contributed by atoms with Gasteiger partial charge in [-0.05, 0) is 43.4 Å². The van der Waals surface area contributed by atoms with Crippen molar-refractivity contribution in [3.63, 3.8) is 0 Å². The molecule has 18 heavy (non-hydrogen) atoms. The summed E-state index contributed by atoms with van der Waals surface area (Å²) in [4.78, 5) is 14.5. The van der Waals surface area contributed by atoms with Crippen LogP contribution in [0.1, 0.15) is 37.7 Å². The Kier molecular flexibility index (Phi) is 2.98. The Bertz CT molecular complexity index is 432. The molecule has 0 heterocycles. The number of hydrogen-bond acceptors (Lipinski definition) is 2. The number of nitrogens with zero attached hydrogens (tertiary/aromatic N) is 1. The van der Waals surface area contributed by atoms with Crippen LogP contribution in [0.5, 0.6) is 0 Å². The van der Waals surface area contributed by atoms with E-state index in [2.05, 4.69) is 4.90 Å². The summed E-state index contributed by atoms with van der Waals surface area (Å²) >= 11 is 0. The van der Waals surface area contributed by atoms with Crippen molar-refractivity contribution in [3.05, 3.63) is 29.8 Å². The molecule has 3 nitrogen and oxygen atoms in total. The molecule has 2 aliphatic rings. The third kappa shape index (κ3) is 2.35. The molecule has 0 unspecified atom stereocenters. The van der Waals surface area contributed by atoms with Gasteiger partial charge in [0.2, 0.25) is 5.91 Å². The van der Waals surface area contributed by atoms with Crippen molar-refractivity contribution in [1.29, 1.82) is 0 Å². The van der Waals surface area contributed by atoms with Gasteiger partial charge in [-0.2, -0.15) is 0 Å². The molecule has 96 valence electrons. The highest BCUT2D eigenvalue weighted by molar-refractivity contribution is 5.80. The largest absolute Gasteiger partial charge is 0.399 e. The molecule has 3 heteroatoms. The molecule has 0 spiro atoms. The van der Waals surface area contributed by atoms with Crippen molar-refractivity contribution in [2.75, 3.05) is 5.73 Å². The van der Waals surface area contributed by atoms with Gasteiger partial charge in [0.05, 0.1) is 0 Å². The maximum absolute atomic E-state index is 12.4. The van der Waals surface area contributed by atoms with Gasteiger partial charge < -0.3 is 10.6 Å². The topological polar surface area (TPSA) is 46.3 Å². The zero-order valence-corrected chi connectivity index (χ0v) is 10.6. The SMILES string of the molecule is Nc1ccc(CN(C(=O)C2CCC2)C2CC2)cc1. The highest BCUT2D eigenvalue weighted by atomic mass is 16.2. The minimum Gasteiger partial charge on any atom is -0.399 e. The van der Waals surface area contributed by atoms with E-state index in [0.29, 0.717) is 17.9 Å². The summed E-state index contributed by atoms with van der Waals surface area (Å²) in [6.45, 7) is 0.750. The summed E-state index contributed by atoms with van der Waals surface area (Å²) in [5.41, 5.74) is 7.65. The smallest absolute Gasteiger partial charge is 0.226 e. The first-order chi connectivity index (χ1) is 8.74. The van der Waals surface area contributed by atoms with E-state index in [1.165, 1.54) is 24.8 Å². The van der Waals surface area contributed by atoms with Gasteiger partial charge in [0.25, 0.3) is 0 Å². The summed E-state index contributed by atoms with van der Waals surface area (Å²) in [6, 6.07) is 8.37. The number of anilines is 1. The number of hydrogen-bond donors (Lipinski definition) is 1. The van der Waals surface area contributed by atoms with Gasteiger partial charge >= 0.3 is 0 Å². The monoisotopic (exact) mass is 244 g/mol. The van der Waals surface area contributed by atoms with Crippen molar-refractivity contribution >= 4 is 11.6 Å². The lowest BCUT2D eigenvalue weighted by molar-refractivity contribution is -0.139. The number of rotatable bonds is 4. The third-order valence-electron chi connectivity index (χ3n) is 4.06. The number of benzene rings is 1. The minimum atomic E-state index is 0.305. The molecule has 0 radical (unpaired) electrons. The molecular weight excluding hydrogens is 224 g/mol. The molecule has 0 bridgehead atoms.